The number of carbonyl (C=O) groups excluding carboxylic acids is 4. The number of nitrogens with one attached hydrogen (secondary N) is 2. The Hall–Kier alpha value is -3.79. The van der Waals surface area contributed by atoms with E-state index in [1.54, 1.807) is 0 Å². The number of nitro benzene ring substituents is 1. The van der Waals surface area contributed by atoms with Gasteiger partial charge in [-0.05, 0) is 58.2 Å². The number of nitro groups is 1. The lowest BCUT2D eigenvalue weighted by molar-refractivity contribution is -0.388. The lowest BCUT2D eigenvalue weighted by Gasteiger charge is -2.29. The third-order valence-corrected chi connectivity index (χ3v) is 6.22. The highest BCUT2D eigenvalue weighted by atomic mass is 19.4. The van der Waals surface area contributed by atoms with Crippen LogP contribution in [0.2, 0.25) is 0 Å². The van der Waals surface area contributed by atoms with Crippen LogP contribution in [0.1, 0.15) is 51.5 Å². The maximum atomic E-state index is 13.3. The summed E-state index contributed by atoms with van der Waals surface area (Å²) >= 11 is 0. The first-order valence-corrected chi connectivity index (χ1v) is 12.5. The molecule has 13 nitrogen and oxygen atoms in total. The Kier molecular flexibility index (Phi) is 11.0. The maximum Gasteiger partial charge on any atom is 0.423 e. The predicted octanol–water partition coefficient (Wildman–Crippen LogP) is 1.44. The molecule has 3 amide bonds. The van der Waals surface area contributed by atoms with Crippen molar-refractivity contribution in [3.8, 4) is 0 Å². The van der Waals surface area contributed by atoms with E-state index in [2.05, 4.69) is 10.6 Å². The van der Waals surface area contributed by atoms with Crippen molar-refractivity contribution in [2.24, 2.45) is 11.5 Å². The van der Waals surface area contributed by atoms with E-state index in [1.807, 2.05) is 0 Å². The molecule has 2 atom stereocenters. The minimum atomic E-state index is -5.06. The van der Waals surface area contributed by atoms with E-state index in [1.165, 1.54) is 18.7 Å². The number of nitrogens with zero attached hydrogens (tertiary/aromatic N) is 2. The van der Waals surface area contributed by atoms with Gasteiger partial charge in [-0.2, -0.15) is 13.2 Å². The zero-order valence-electron chi connectivity index (χ0n) is 22.1. The number of rotatable bonds is 12. The average molecular weight is 575 g/mol. The van der Waals surface area contributed by atoms with Gasteiger partial charge in [-0.25, -0.2) is 4.79 Å². The van der Waals surface area contributed by atoms with Gasteiger partial charge in [0.15, 0.2) is 5.60 Å². The van der Waals surface area contributed by atoms with Gasteiger partial charge < -0.3 is 31.7 Å². The smallest absolute Gasteiger partial charge is 0.423 e. The minimum Gasteiger partial charge on any atom is -0.448 e. The average Bonchev–Trinajstić information content (AvgIpc) is 3.36. The van der Waals surface area contributed by atoms with E-state index < -0.39 is 76.0 Å². The number of ether oxygens (including phenoxy) is 1. The highest BCUT2D eigenvalue weighted by molar-refractivity contribution is 5.99. The molecule has 1 heterocycles. The first kappa shape index (κ1) is 32.4. The molecule has 0 aromatic heterocycles. The van der Waals surface area contributed by atoms with E-state index in [0.717, 1.165) is 6.07 Å². The summed E-state index contributed by atoms with van der Waals surface area (Å²) in [6.45, 7) is 2.66. The molecule has 1 aliphatic rings. The molecule has 0 spiro atoms. The zero-order valence-corrected chi connectivity index (χ0v) is 22.1. The van der Waals surface area contributed by atoms with Crippen molar-refractivity contribution in [2.75, 3.05) is 25.0 Å². The lowest BCUT2D eigenvalue weighted by Crippen LogP contribution is -2.51. The largest absolute Gasteiger partial charge is 0.448 e. The quantitative estimate of drug-likeness (QED) is 0.123. The molecule has 6 N–H and O–H groups in total. The summed E-state index contributed by atoms with van der Waals surface area (Å²) in [7, 11) is 0. The number of benzene rings is 1. The number of unbranched alkanes of at least 4 members (excludes halogenated alkanes) is 1. The molecule has 40 heavy (non-hydrogen) atoms. The molecule has 16 heteroatoms. The summed E-state index contributed by atoms with van der Waals surface area (Å²) in [6.07, 6.45) is -2.63. The first-order chi connectivity index (χ1) is 18.6. The Morgan fingerprint density at radius 2 is 1.90 bits per heavy atom. The van der Waals surface area contributed by atoms with Gasteiger partial charge in [-0.1, -0.05) is 6.42 Å². The van der Waals surface area contributed by atoms with Gasteiger partial charge in [0.1, 0.15) is 11.6 Å². The molecule has 0 saturated carbocycles. The molecule has 1 fully saturated rings. The third kappa shape index (κ3) is 8.61. The number of hydrogen-bond acceptors (Lipinski definition) is 9. The number of likely N-dealkylation sites (tertiary alicyclic amines) is 1. The highest BCUT2D eigenvalue weighted by Crippen LogP contribution is 2.37. The number of amides is 3. The molecule has 2 rings (SSSR count). The fourth-order valence-corrected chi connectivity index (χ4v) is 3.99. The fourth-order valence-electron chi connectivity index (χ4n) is 3.99. The Morgan fingerprint density at radius 1 is 1.23 bits per heavy atom. The van der Waals surface area contributed by atoms with Crippen molar-refractivity contribution in [1.82, 2.24) is 10.2 Å². The standard InChI is InChI=1S/C24H33F3N6O7/c1-23(2,22(37)31-14-8-9-17(33(38)39)15(12-14)24(25,26)27)40-21(36)18-7-5-11-32(18)19(34)13-30-20(35)16(29)6-3-4-10-28/h8-9,12,16,18H,3-7,10-11,13,28-29H2,1-2H3,(H,30,35)(H,31,37)/t16-,18-/m0/s1. The van der Waals surface area contributed by atoms with Gasteiger partial charge in [0, 0.05) is 18.3 Å². The van der Waals surface area contributed by atoms with Crippen LogP contribution in [0, 0.1) is 10.1 Å². The first-order valence-electron chi connectivity index (χ1n) is 12.5. The molecular weight excluding hydrogens is 541 g/mol. The van der Waals surface area contributed by atoms with E-state index in [9.17, 15) is 42.5 Å². The Bertz CT molecular complexity index is 1130. The van der Waals surface area contributed by atoms with Crippen LogP contribution in [0.15, 0.2) is 18.2 Å². The Labute approximate surface area is 227 Å². The number of halogens is 3. The van der Waals surface area contributed by atoms with Crippen molar-refractivity contribution in [3.05, 3.63) is 33.9 Å². The van der Waals surface area contributed by atoms with Crippen LogP contribution < -0.4 is 22.1 Å². The number of alkyl halides is 3. The third-order valence-electron chi connectivity index (χ3n) is 6.22. The summed E-state index contributed by atoms with van der Waals surface area (Å²) in [5, 5.41) is 15.5. The Balaban J connectivity index is 2.01. The second-order valence-corrected chi connectivity index (χ2v) is 9.73. The second kappa shape index (κ2) is 13.5. The normalized spacial score (nSPS) is 16.3. The van der Waals surface area contributed by atoms with Crippen LogP contribution in [0.3, 0.4) is 0 Å². The highest BCUT2D eigenvalue weighted by Gasteiger charge is 2.41. The molecule has 1 saturated heterocycles. The molecule has 0 radical (unpaired) electrons. The molecule has 1 aliphatic heterocycles. The molecule has 0 unspecified atom stereocenters. The number of nitrogens with two attached hydrogens (primary N) is 2. The van der Waals surface area contributed by atoms with Crippen LogP contribution in [-0.4, -0.2) is 70.8 Å². The van der Waals surface area contributed by atoms with Crippen LogP contribution in [0.5, 0.6) is 0 Å². The monoisotopic (exact) mass is 574 g/mol. The predicted molar refractivity (Wildman–Crippen MR) is 136 cm³/mol. The zero-order chi connectivity index (χ0) is 30.3. The van der Waals surface area contributed by atoms with Gasteiger partial charge in [0.25, 0.3) is 11.6 Å². The van der Waals surface area contributed by atoms with Gasteiger partial charge >= 0.3 is 12.1 Å². The van der Waals surface area contributed by atoms with Crippen LogP contribution in [0.4, 0.5) is 24.5 Å². The van der Waals surface area contributed by atoms with Crippen LogP contribution >= 0.6 is 0 Å². The van der Waals surface area contributed by atoms with Gasteiger partial charge in [-0.3, -0.25) is 24.5 Å². The van der Waals surface area contributed by atoms with Crippen molar-refractivity contribution in [1.29, 1.82) is 0 Å². The van der Waals surface area contributed by atoms with Gasteiger partial charge in [-0.15, -0.1) is 0 Å². The van der Waals surface area contributed by atoms with Crippen molar-refractivity contribution in [2.45, 2.75) is 69.8 Å². The van der Waals surface area contributed by atoms with E-state index in [0.29, 0.717) is 44.4 Å². The summed E-state index contributed by atoms with van der Waals surface area (Å²) in [6, 6.07) is 0.0559. The molecule has 1 aromatic rings. The summed E-state index contributed by atoms with van der Waals surface area (Å²) in [5.74, 6) is -3.01. The van der Waals surface area contributed by atoms with Gasteiger partial charge in [0.05, 0.1) is 17.5 Å². The van der Waals surface area contributed by atoms with Crippen molar-refractivity contribution in [3.63, 3.8) is 0 Å². The molecule has 0 bridgehead atoms. The number of hydrogen-bond donors (Lipinski definition) is 4. The summed E-state index contributed by atoms with van der Waals surface area (Å²) in [5.41, 5.74) is 6.17. The van der Waals surface area contributed by atoms with Crippen molar-refractivity contribution >= 4 is 35.1 Å². The molecule has 1 aromatic carbocycles. The fraction of sp³-hybridized carbons (Fsp3) is 0.583. The summed E-state index contributed by atoms with van der Waals surface area (Å²) < 4.78 is 45.1. The van der Waals surface area contributed by atoms with E-state index in [4.69, 9.17) is 16.2 Å². The SMILES string of the molecule is CC(C)(OC(=O)[C@@H]1CCCN1C(=O)CNC(=O)[C@@H](N)CCCCN)C(=O)Nc1ccc([N+](=O)[O-])c(C(F)(F)F)c1. The number of esters is 1. The number of carbonyl (C=O) groups is 4. The van der Waals surface area contributed by atoms with Gasteiger partial charge in [0.2, 0.25) is 11.8 Å². The molecular formula is C24H33F3N6O7. The van der Waals surface area contributed by atoms with E-state index in [-0.39, 0.29) is 13.0 Å². The topological polar surface area (TPSA) is 200 Å². The van der Waals surface area contributed by atoms with Crippen LogP contribution in [0.25, 0.3) is 0 Å². The van der Waals surface area contributed by atoms with Crippen molar-refractivity contribution < 1.29 is 42.0 Å². The minimum absolute atomic E-state index is 0.201. The Morgan fingerprint density at radius 3 is 2.50 bits per heavy atom. The molecule has 222 valence electrons. The lowest BCUT2D eigenvalue weighted by atomic mass is 10.1. The molecule has 0 aliphatic carbocycles. The van der Waals surface area contributed by atoms with Crippen LogP contribution in [-0.2, 0) is 30.1 Å². The number of anilines is 1. The second-order valence-electron chi connectivity index (χ2n) is 9.73. The maximum absolute atomic E-state index is 13.3. The summed E-state index contributed by atoms with van der Waals surface area (Å²) in [4.78, 5) is 61.5. The van der Waals surface area contributed by atoms with E-state index >= 15 is 0 Å².